The lowest BCUT2D eigenvalue weighted by Crippen LogP contribution is -1.86. The normalized spacial score (nSPS) is 10.8. The number of nitrogens with zero attached hydrogens (tertiary/aromatic N) is 1. The molecule has 3 heteroatoms. The standard InChI is InChI=1S/C16H14N2O/c1-19-16-8-4-13(5-9-16)14(11-17)10-12-2-6-15(18)7-3-12/h2-10H,18H2,1H3. The highest BCUT2D eigenvalue weighted by Crippen LogP contribution is 2.21. The highest BCUT2D eigenvalue weighted by molar-refractivity contribution is 5.89. The lowest BCUT2D eigenvalue weighted by atomic mass is 10.0. The lowest BCUT2D eigenvalue weighted by Gasteiger charge is -2.02. The molecule has 2 aromatic rings. The van der Waals surface area contributed by atoms with E-state index < -0.39 is 0 Å². The van der Waals surface area contributed by atoms with Crippen molar-refractivity contribution in [3.05, 3.63) is 59.7 Å². The molecule has 0 saturated heterocycles. The number of nitrogens with two attached hydrogens (primary N) is 1. The van der Waals surface area contributed by atoms with Crippen molar-refractivity contribution >= 4 is 17.3 Å². The van der Waals surface area contributed by atoms with Crippen LogP contribution in [-0.4, -0.2) is 7.11 Å². The molecular formula is C16H14N2O. The maximum atomic E-state index is 9.25. The lowest BCUT2D eigenvalue weighted by molar-refractivity contribution is 0.415. The maximum absolute atomic E-state index is 9.25. The molecule has 0 atom stereocenters. The van der Waals surface area contributed by atoms with Gasteiger partial charge in [0.05, 0.1) is 18.8 Å². The van der Waals surface area contributed by atoms with Gasteiger partial charge in [-0.05, 0) is 53.6 Å². The summed E-state index contributed by atoms with van der Waals surface area (Å²) in [5, 5.41) is 9.25. The van der Waals surface area contributed by atoms with Crippen LogP contribution in [0.4, 0.5) is 5.69 Å². The SMILES string of the molecule is COc1ccc(C(C#N)=Cc2ccc(N)cc2)cc1. The molecule has 0 aliphatic rings. The van der Waals surface area contributed by atoms with Crippen LogP contribution in [0.3, 0.4) is 0 Å². The van der Waals surface area contributed by atoms with E-state index in [4.69, 9.17) is 10.5 Å². The van der Waals surface area contributed by atoms with E-state index in [2.05, 4.69) is 6.07 Å². The van der Waals surface area contributed by atoms with Crippen LogP contribution in [0.15, 0.2) is 48.5 Å². The van der Waals surface area contributed by atoms with Crippen LogP contribution in [0, 0.1) is 11.3 Å². The molecule has 19 heavy (non-hydrogen) atoms. The van der Waals surface area contributed by atoms with Gasteiger partial charge in [-0.25, -0.2) is 0 Å². The predicted octanol–water partition coefficient (Wildman–Crippen LogP) is 3.34. The van der Waals surface area contributed by atoms with Gasteiger partial charge in [0.1, 0.15) is 5.75 Å². The Kier molecular flexibility index (Phi) is 3.84. The van der Waals surface area contributed by atoms with Crippen molar-refractivity contribution < 1.29 is 4.74 Å². The second kappa shape index (κ2) is 5.74. The van der Waals surface area contributed by atoms with Crippen molar-refractivity contribution in [2.24, 2.45) is 0 Å². The van der Waals surface area contributed by atoms with E-state index in [0.29, 0.717) is 11.3 Å². The summed E-state index contributed by atoms with van der Waals surface area (Å²) >= 11 is 0. The molecule has 2 rings (SSSR count). The van der Waals surface area contributed by atoms with Gasteiger partial charge in [-0.3, -0.25) is 0 Å². The zero-order valence-corrected chi connectivity index (χ0v) is 10.6. The van der Waals surface area contributed by atoms with E-state index in [1.807, 2.05) is 54.6 Å². The molecule has 0 fully saturated rings. The van der Waals surface area contributed by atoms with Crippen molar-refractivity contribution in [2.75, 3.05) is 12.8 Å². The number of benzene rings is 2. The third kappa shape index (κ3) is 3.14. The Balaban J connectivity index is 2.33. The molecule has 2 N–H and O–H groups in total. The Hall–Kier alpha value is -2.73. The summed E-state index contributed by atoms with van der Waals surface area (Å²) in [6, 6.07) is 17.0. The van der Waals surface area contributed by atoms with Crippen LogP contribution >= 0.6 is 0 Å². The van der Waals surface area contributed by atoms with E-state index in [9.17, 15) is 5.26 Å². The molecule has 0 aliphatic carbocycles. The summed E-state index contributed by atoms with van der Waals surface area (Å²) in [7, 11) is 1.62. The van der Waals surface area contributed by atoms with E-state index in [1.54, 1.807) is 7.11 Å². The van der Waals surface area contributed by atoms with Gasteiger partial charge >= 0.3 is 0 Å². The number of methoxy groups -OCH3 is 1. The fourth-order valence-electron chi connectivity index (χ4n) is 1.71. The third-order valence-corrected chi connectivity index (χ3v) is 2.77. The first-order valence-electron chi connectivity index (χ1n) is 5.84. The van der Waals surface area contributed by atoms with Gasteiger partial charge < -0.3 is 10.5 Å². The second-order valence-corrected chi connectivity index (χ2v) is 4.06. The fraction of sp³-hybridized carbons (Fsp3) is 0.0625. The fourth-order valence-corrected chi connectivity index (χ4v) is 1.71. The monoisotopic (exact) mass is 250 g/mol. The summed E-state index contributed by atoms with van der Waals surface area (Å²) in [5.74, 6) is 0.772. The molecule has 2 aromatic carbocycles. The van der Waals surface area contributed by atoms with Gasteiger partial charge in [0.2, 0.25) is 0 Å². The van der Waals surface area contributed by atoms with Crippen LogP contribution in [0.2, 0.25) is 0 Å². The van der Waals surface area contributed by atoms with Crippen molar-refractivity contribution in [2.45, 2.75) is 0 Å². The average Bonchev–Trinajstić information content (AvgIpc) is 2.47. The van der Waals surface area contributed by atoms with E-state index in [1.165, 1.54) is 0 Å². The summed E-state index contributed by atoms with van der Waals surface area (Å²) in [4.78, 5) is 0. The van der Waals surface area contributed by atoms with Gasteiger partial charge in [0.15, 0.2) is 0 Å². The van der Waals surface area contributed by atoms with Gasteiger partial charge in [0, 0.05) is 5.69 Å². The highest BCUT2D eigenvalue weighted by Gasteiger charge is 2.01. The number of allylic oxidation sites excluding steroid dienone is 1. The topological polar surface area (TPSA) is 59.0 Å². The molecule has 0 amide bonds. The third-order valence-electron chi connectivity index (χ3n) is 2.77. The Morgan fingerprint density at radius 1 is 1.11 bits per heavy atom. The number of hydrogen-bond donors (Lipinski definition) is 1. The first-order chi connectivity index (χ1) is 9.22. The Morgan fingerprint density at radius 2 is 1.74 bits per heavy atom. The van der Waals surface area contributed by atoms with Crippen LogP contribution in [-0.2, 0) is 0 Å². The maximum Gasteiger partial charge on any atom is 0.118 e. The van der Waals surface area contributed by atoms with E-state index >= 15 is 0 Å². The molecule has 0 radical (unpaired) electrons. The summed E-state index contributed by atoms with van der Waals surface area (Å²) in [5.41, 5.74) is 8.75. The first kappa shape index (κ1) is 12.7. The van der Waals surface area contributed by atoms with Crippen molar-refractivity contribution in [3.8, 4) is 11.8 Å². The largest absolute Gasteiger partial charge is 0.497 e. The van der Waals surface area contributed by atoms with Gasteiger partial charge in [-0.2, -0.15) is 5.26 Å². The molecular weight excluding hydrogens is 236 g/mol. The van der Waals surface area contributed by atoms with Crippen LogP contribution in [0.25, 0.3) is 11.6 Å². The zero-order chi connectivity index (χ0) is 13.7. The molecule has 3 nitrogen and oxygen atoms in total. The number of rotatable bonds is 3. The molecule has 0 saturated carbocycles. The average molecular weight is 250 g/mol. The minimum Gasteiger partial charge on any atom is -0.497 e. The summed E-state index contributed by atoms with van der Waals surface area (Å²) < 4.78 is 5.10. The van der Waals surface area contributed by atoms with Crippen LogP contribution < -0.4 is 10.5 Å². The Labute approximate surface area is 112 Å². The van der Waals surface area contributed by atoms with Crippen LogP contribution in [0.1, 0.15) is 11.1 Å². The molecule has 94 valence electrons. The smallest absolute Gasteiger partial charge is 0.118 e. The summed E-state index contributed by atoms with van der Waals surface area (Å²) in [6.07, 6.45) is 1.83. The predicted molar refractivity (Wildman–Crippen MR) is 77.3 cm³/mol. The molecule has 0 heterocycles. The number of nitriles is 1. The number of nitrogen functional groups attached to an aromatic ring is 1. The Bertz CT molecular complexity index is 619. The highest BCUT2D eigenvalue weighted by atomic mass is 16.5. The molecule has 0 aliphatic heterocycles. The molecule has 0 aromatic heterocycles. The van der Waals surface area contributed by atoms with Crippen molar-refractivity contribution in [3.63, 3.8) is 0 Å². The second-order valence-electron chi connectivity index (χ2n) is 4.06. The van der Waals surface area contributed by atoms with Crippen molar-refractivity contribution in [1.82, 2.24) is 0 Å². The first-order valence-corrected chi connectivity index (χ1v) is 5.84. The number of hydrogen-bond acceptors (Lipinski definition) is 3. The van der Waals surface area contributed by atoms with E-state index in [0.717, 1.165) is 16.9 Å². The molecule has 0 spiro atoms. The zero-order valence-electron chi connectivity index (χ0n) is 10.6. The molecule has 0 unspecified atom stereocenters. The van der Waals surface area contributed by atoms with Gasteiger partial charge in [0.25, 0.3) is 0 Å². The van der Waals surface area contributed by atoms with Crippen LogP contribution in [0.5, 0.6) is 5.75 Å². The Morgan fingerprint density at radius 3 is 2.26 bits per heavy atom. The summed E-state index contributed by atoms with van der Waals surface area (Å²) in [6.45, 7) is 0. The van der Waals surface area contributed by atoms with Gasteiger partial charge in [-0.1, -0.05) is 12.1 Å². The number of ether oxygens (including phenoxy) is 1. The van der Waals surface area contributed by atoms with E-state index in [-0.39, 0.29) is 0 Å². The quantitative estimate of drug-likeness (QED) is 0.516. The minimum atomic E-state index is 0.604. The van der Waals surface area contributed by atoms with Gasteiger partial charge in [-0.15, -0.1) is 0 Å². The minimum absolute atomic E-state index is 0.604. The number of anilines is 1. The van der Waals surface area contributed by atoms with Crippen molar-refractivity contribution in [1.29, 1.82) is 5.26 Å². The molecule has 0 bridgehead atoms.